The first-order valence-corrected chi connectivity index (χ1v) is 13.5. The normalized spacial score (nSPS) is 44.3. The van der Waals surface area contributed by atoms with E-state index in [1.807, 2.05) is 6.08 Å². The number of aliphatic hydroxyl groups is 1. The summed E-state index contributed by atoms with van der Waals surface area (Å²) in [6, 6.07) is 0. The van der Waals surface area contributed by atoms with Gasteiger partial charge in [0.05, 0.1) is 6.10 Å². The second kappa shape index (κ2) is 8.62. The second-order valence-corrected chi connectivity index (χ2v) is 12.8. The maximum absolute atomic E-state index is 12.1. The summed E-state index contributed by atoms with van der Waals surface area (Å²) in [7, 11) is 0. The molecule has 176 valence electrons. The van der Waals surface area contributed by atoms with Crippen LogP contribution < -0.4 is 0 Å². The predicted molar refractivity (Wildman–Crippen MR) is 129 cm³/mol. The lowest BCUT2D eigenvalue weighted by Crippen LogP contribution is -2.55. The topological polar surface area (TPSA) is 37.3 Å². The van der Waals surface area contributed by atoms with Crippen molar-refractivity contribution in [1.82, 2.24) is 0 Å². The summed E-state index contributed by atoms with van der Waals surface area (Å²) in [5.74, 6) is 5.20. The fraction of sp³-hybridized carbons (Fsp3) is 0.897. The average molecular weight is 429 g/mol. The van der Waals surface area contributed by atoms with Crippen LogP contribution in [0.15, 0.2) is 11.6 Å². The van der Waals surface area contributed by atoms with Gasteiger partial charge in [0.15, 0.2) is 5.78 Å². The van der Waals surface area contributed by atoms with E-state index in [1.165, 1.54) is 50.5 Å². The maximum Gasteiger partial charge on any atom is 0.155 e. The monoisotopic (exact) mass is 428 g/mol. The summed E-state index contributed by atoms with van der Waals surface area (Å²) in [6.45, 7) is 14.7. The molecule has 0 unspecified atom stereocenters. The minimum absolute atomic E-state index is 0.147. The van der Waals surface area contributed by atoms with Crippen molar-refractivity contribution in [3.05, 3.63) is 11.6 Å². The van der Waals surface area contributed by atoms with E-state index >= 15 is 0 Å². The molecular formula is C29H48O2. The van der Waals surface area contributed by atoms with E-state index in [2.05, 4.69) is 41.5 Å². The molecule has 0 aromatic carbocycles. The van der Waals surface area contributed by atoms with Crippen molar-refractivity contribution in [2.75, 3.05) is 0 Å². The number of carbonyl (C=O) groups is 1. The molecule has 0 spiro atoms. The number of hydrogen-bond donors (Lipinski definition) is 1. The summed E-state index contributed by atoms with van der Waals surface area (Å²) in [6.07, 6.45) is 13.4. The summed E-state index contributed by atoms with van der Waals surface area (Å²) in [5.41, 5.74) is 1.81. The van der Waals surface area contributed by atoms with Crippen molar-refractivity contribution in [2.45, 2.75) is 112 Å². The summed E-state index contributed by atoms with van der Waals surface area (Å²) in [4.78, 5) is 12.1. The van der Waals surface area contributed by atoms with Gasteiger partial charge in [0.2, 0.25) is 0 Å². The molecule has 0 aromatic heterocycles. The van der Waals surface area contributed by atoms with E-state index < -0.39 is 0 Å². The van der Waals surface area contributed by atoms with Crippen molar-refractivity contribution in [1.29, 1.82) is 0 Å². The van der Waals surface area contributed by atoms with Gasteiger partial charge >= 0.3 is 0 Å². The van der Waals surface area contributed by atoms with E-state index in [-0.39, 0.29) is 17.3 Å². The zero-order chi connectivity index (χ0) is 22.6. The first kappa shape index (κ1) is 23.5. The number of hydrogen-bond acceptors (Lipinski definition) is 2. The fourth-order valence-corrected chi connectivity index (χ4v) is 9.19. The Morgan fingerprint density at radius 2 is 1.81 bits per heavy atom. The Balaban J connectivity index is 1.52. The molecule has 3 saturated carbocycles. The zero-order valence-electron chi connectivity index (χ0n) is 21.1. The molecule has 4 aliphatic carbocycles. The maximum atomic E-state index is 12.1. The predicted octanol–water partition coefficient (Wildman–Crippen LogP) is 7.20. The van der Waals surface area contributed by atoms with Gasteiger partial charge in [-0.25, -0.2) is 0 Å². The number of carbonyl (C=O) groups excluding carboxylic acids is 1. The van der Waals surface area contributed by atoms with Crippen molar-refractivity contribution in [2.24, 2.45) is 52.3 Å². The summed E-state index contributed by atoms with van der Waals surface area (Å²) >= 11 is 0. The van der Waals surface area contributed by atoms with Crippen molar-refractivity contribution >= 4 is 5.78 Å². The smallest absolute Gasteiger partial charge is 0.155 e. The van der Waals surface area contributed by atoms with Gasteiger partial charge in [-0.15, -0.1) is 0 Å². The number of aliphatic hydroxyl groups excluding tert-OH is 1. The van der Waals surface area contributed by atoms with Crippen LogP contribution in [0.2, 0.25) is 0 Å². The minimum Gasteiger partial charge on any atom is -0.392 e. The van der Waals surface area contributed by atoms with Crippen molar-refractivity contribution < 1.29 is 9.90 Å². The second-order valence-electron chi connectivity index (χ2n) is 12.8. The van der Waals surface area contributed by atoms with Crippen LogP contribution in [0.1, 0.15) is 106 Å². The third-order valence-electron chi connectivity index (χ3n) is 11.2. The fourth-order valence-electron chi connectivity index (χ4n) is 9.19. The molecule has 0 aliphatic heterocycles. The first-order chi connectivity index (χ1) is 14.6. The quantitative estimate of drug-likeness (QED) is 0.485. The Morgan fingerprint density at radius 1 is 1.06 bits per heavy atom. The van der Waals surface area contributed by atoms with E-state index in [9.17, 15) is 9.90 Å². The first-order valence-electron chi connectivity index (χ1n) is 13.5. The van der Waals surface area contributed by atoms with E-state index in [0.717, 1.165) is 36.5 Å². The molecule has 0 bridgehead atoms. The molecule has 0 amide bonds. The minimum atomic E-state index is -0.251. The van der Waals surface area contributed by atoms with Gasteiger partial charge in [0, 0.05) is 6.42 Å². The Kier molecular flexibility index (Phi) is 6.54. The lowest BCUT2D eigenvalue weighted by Gasteiger charge is -2.60. The lowest BCUT2D eigenvalue weighted by atomic mass is 9.45. The third kappa shape index (κ3) is 3.87. The van der Waals surface area contributed by atoms with E-state index in [0.29, 0.717) is 29.6 Å². The van der Waals surface area contributed by atoms with Gasteiger partial charge in [0.25, 0.3) is 0 Å². The highest BCUT2D eigenvalue weighted by Gasteiger charge is 2.61. The third-order valence-corrected chi connectivity index (χ3v) is 11.2. The molecule has 9 atom stereocenters. The van der Waals surface area contributed by atoms with Crippen molar-refractivity contribution in [3.8, 4) is 0 Å². The molecule has 31 heavy (non-hydrogen) atoms. The number of fused-ring (bicyclic) bond motifs is 5. The molecule has 3 fully saturated rings. The van der Waals surface area contributed by atoms with Gasteiger partial charge in [-0.1, -0.05) is 60.0 Å². The largest absolute Gasteiger partial charge is 0.392 e. The Morgan fingerprint density at radius 3 is 2.48 bits per heavy atom. The van der Waals surface area contributed by atoms with Crippen LogP contribution in [-0.4, -0.2) is 17.0 Å². The average Bonchev–Trinajstić information content (AvgIpc) is 3.06. The standard InChI is InChI=1S/C29H48O2/c1-7-20(18(2)3)9-8-19(4)23-10-11-24-27-25(13-15-29(23,24)6)28(5)14-12-22(30)16-21(28)17-26(27)31/h16,18-20,23-27,31H,7-15,17H2,1-6H3/t19-,20+,23-,24+,25+,26-,27+,28+,29-/m1/s1. The summed E-state index contributed by atoms with van der Waals surface area (Å²) < 4.78 is 0. The van der Waals surface area contributed by atoms with Gasteiger partial charge in [-0.3, -0.25) is 4.79 Å². The van der Waals surface area contributed by atoms with Gasteiger partial charge < -0.3 is 5.11 Å². The molecule has 2 heteroatoms. The highest BCUT2D eigenvalue weighted by Crippen LogP contribution is 2.67. The molecule has 4 rings (SSSR count). The molecule has 4 aliphatic rings. The van der Waals surface area contributed by atoms with Crippen molar-refractivity contribution in [3.63, 3.8) is 0 Å². The van der Waals surface area contributed by atoms with E-state index in [1.54, 1.807) is 0 Å². The SMILES string of the molecule is CC[C@@H](CC[C@@H](C)[C@H]1CC[C@H]2[C@@H]3[C@H](O)CC4=CC(=O)CC[C@]4(C)[C@H]3CC[C@]12C)C(C)C. The molecule has 0 aromatic rings. The molecule has 1 N–H and O–H groups in total. The highest BCUT2D eigenvalue weighted by molar-refractivity contribution is 5.91. The molecular weight excluding hydrogens is 380 g/mol. The van der Waals surface area contributed by atoms with Crippen LogP contribution in [0.4, 0.5) is 0 Å². The lowest BCUT2D eigenvalue weighted by molar-refractivity contribution is -0.124. The zero-order valence-corrected chi connectivity index (χ0v) is 21.1. The molecule has 0 radical (unpaired) electrons. The summed E-state index contributed by atoms with van der Waals surface area (Å²) in [5, 5.41) is 11.3. The van der Waals surface area contributed by atoms with E-state index in [4.69, 9.17) is 0 Å². The van der Waals surface area contributed by atoms with Crippen LogP contribution >= 0.6 is 0 Å². The highest BCUT2D eigenvalue weighted by atomic mass is 16.3. The van der Waals surface area contributed by atoms with Gasteiger partial charge in [-0.2, -0.15) is 0 Å². The molecule has 0 heterocycles. The Hall–Kier alpha value is -0.630. The Bertz CT molecular complexity index is 708. The van der Waals surface area contributed by atoms with Crippen LogP contribution in [0.25, 0.3) is 0 Å². The van der Waals surface area contributed by atoms with Crippen LogP contribution in [0.5, 0.6) is 0 Å². The number of rotatable bonds is 6. The van der Waals surface area contributed by atoms with Crippen LogP contribution in [0, 0.1) is 52.3 Å². The Labute approximate surface area is 191 Å². The van der Waals surface area contributed by atoms with Crippen LogP contribution in [0.3, 0.4) is 0 Å². The van der Waals surface area contributed by atoms with Gasteiger partial charge in [0.1, 0.15) is 0 Å². The van der Waals surface area contributed by atoms with Gasteiger partial charge in [-0.05, 0) is 103 Å². The number of ketones is 1. The molecule has 2 nitrogen and oxygen atoms in total. The van der Waals surface area contributed by atoms with Crippen LogP contribution in [-0.2, 0) is 4.79 Å². The molecule has 0 saturated heterocycles.